The lowest BCUT2D eigenvalue weighted by Gasteiger charge is -1.98. The summed E-state index contributed by atoms with van der Waals surface area (Å²) in [7, 11) is 0. The van der Waals surface area contributed by atoms with Gasteiger partial charge in [-0.15, -0.1) is 16.4 Å². The zero-order valence-corrected chi connectivity index (χ0v) is 10.7. The third-order valence-corrected chi connectivity index (χ3v) is 3.33. The van der Waals surface area contributed by atoms with E-state index in [0.717, 1.165) is 11.3 Å². The molecule has 0 saturated carbocycles. The fourth-order valence-corrected chi connectivity index (χ4v) is 2.54. The van der Waals surface area contributed by atoms with Crippen LogP contribution in [0.15, 0.2) is 29.6 Å². The summed E-state index contributed by atoms with van der Waals surface area (Å²) in [6.45, 7) is 1.40. The normalized spacial score (nSPS) is 10.8. The smallest absolute Gasteiger partial charge is 0.250 e. The zero-order chi connectivity index (χ0) is 13.4. The number of anilines is 1. The molecule has 0 aliphatic rings. The first kappa shape index (κ1) is 11.8. The van der Waals surface area contributed by atoms with Crippen molar-refractivity contribution in [2.45, 2.75) is 6.92 Å². The molecule has 5 nitrogen and oxygen atoms in total. The Morgan fingerprint density at radius 2 is 2.11 bits per heavy atom. The molecule has 1 N–H and O–H groups in total. The van der Waals surface area contributed by atoms with E-state index in [1.165, 1.54) is 30.4 Å². The standard InChI is InChI=1S/C12H9FN4OS/c1-7(18)14-11-15-12-17(16-11)10(6-19-12)8-2-4-9(13)5-3-8/h2-6H,1H3,(H,14,16,18). The van der Waals surface area contributed by atoms with Crippen molar-refractivity contribution in [1.82, 2.24) is 14.6 Å². The molecular weight excluding hydrogens is 267 g/mol. The summed E-state index contributed by atoms with van der Waals surface area (Å²) in [5, 5.41) is 8.62. The number of thiazole rings is 1. The third kappa shape index (κ3) is 2.19. The lowest BCUT2D eigenvalue weighted by atomic mass is 10.2. The largest absolute Gasteiger partial charge is 0.293 e. The minimum Gasteiger partial charge on any atom is -0.293 e. The fourth-order valence-electron chi connectivity index (χ4n) is 1.71. The Morgan fingerprint density at radius 3 is 2.79 bits per heavy atom. The molecule has 2 heterocycles. The van der Waals surface area contributed by atoms with Crippen LogP contribution < -0.4 is 5.32 Å². The highest BCUT2D eigenvalue weighted by Crippen LogP contribution is 2.25. The van der Waals surface area contributed by atoms with Crippen LogP contribution in [0, 0.1) is 5.82 Å². The third-order valence-electron chi connectivity index (χ3n) is 2.51. The summed E-state index contributed by atoms with van der Waals surface area (Å²) in [5.74, 6) is -0.239. The van der Waals surface area contributed by atoms with Crippen LogP contribution in [0.25, 0.3) is 16.2 Å². The molecule has 0 spiro atoms. The SMILES string of the molecule is CC(=O)Nc1nc2scc(-c3ccc(F)cc3)n2n1. The fraction of sp³-hybridized carbons (Fsp3) is 0.0833. The summed E-state index contributed by atoms with van der Waals surface area (Å²) in [6, 6.07) is 6.14. The number of benzene rings is 1. The number of fused-ring (bicyclic) bond motifs is 1. The Morgan fingerprint density at radius 1 is 1.37 bits per heavy atom. The second-order valence-corrected chi connectivity index (χ2v) is 4.78. The number of carbonyl (C=O) groups excluding carboxylic acids is 1. The molecule has 0 unspecified atom stereocenters. The molecule has 0 aliphatic carbocycles. The van der Waals surface area contributed by atoms with Gasteiger partial charge in [-0.25, -0.2) is 8.91 Å². The molecular formula is C12H9FN4OS. The van der Waals surface area contributed by atoms with Gasteiger partial charge in [0.05, 0.1) is 5.69 Å². The van der Waals surface area contributed by atoms with E-state index >= 15 is 0 Å². The van der Waals surface area contributed by atoms with Crippen LogP contribution in [-0.4, -0.2) is 20.5 Å². The van der Waals surface area contributed by atoms with E-state index in [1.807, 2.05) is 5.38 Å². The number of carbonyl (C=O) groups is 1. The maximum absolute atomic E-state index is 12.9. The average molecular weight is 276 g/mol. The number of aromatic nitrogens is 3. The van der Waals surface area contributed by atoms with Gasteiger partial charge in [0, 0.05) is 17.9 Å². The summed E-state index contributed by atoms with van der Waals surface area (Å²) in [6.07, 6.45) is 0. The van der Waals surface area contributed by atoms with E-state index in [-0.39, 0.29) is 17.7 Å². The Labute approximate surface area is 111 Å². The summed E-state index contributed by atoms with van der Waals surface area (Å²) in [5.41, 5.74) is 1.65. The minimum absolute atomic E-state index is 0.221. The maximum atomic E-state index is 12.9. The van der Waals surface area contributed by atoms with Gasteiger partial charge in [-0.2, -0.15) is 4.98 Å². The Hall–Kier alpha value is -2.28. The number of nitrogens with one attached hydrogen (secondary N) is 1. The highest BCUT2D eigenvalue weighted by atomic mass is 32.1. The molecule has 0 radical (unpaired) electrons. The molecule has 96 valence electrons. The van der Waals surface area contributed by atoms with E-state index in [9.17, 15) is 9.18 Å². The van der Waals surface area contributed by atoms with E-state index in [1.54, 1.807) is 16.6 Å². The van der Waals surface area contributed by atoms with Crippen molar-refractivity contribution in [3.05, 3.63) is 35.5 Å². The van der Waals surface area contributed by atoms with Crippen molar-refractivity contribution in [3.63, 3.8) is 0 Å². The van der Waals surface area contributed by atoms with Gasteiger partial charge in [-0.05, 0) is 24.3 Å². The molecule has 1 aromatic carbocycles. The molecule has 2 aromatic heterocycles. The van der Waals surface area contributed by atoms with E-state index in [2.05, 4.69) is 15.4 Å². The van der Waals surface area contributed by atoms with Gasteiger partial charge in [-0.1, -0.05) is 0 Å². The highest BCUT2D eigenvalue weighted by molar-refractivity contribution is 7.15. The topological polar surface area (TPSA) is 59.3 Å². The van der Waals surface area contributed by atoms with E-state index < -0.39 is 0 Å². The lowest BCUT2D eigenvalue weighted by Crippen LogP contribution is -2.07. The summed E-state index contributed by atoms with van der Waals surface area (Å²) in [4.78, 5) is 15.8. The van der Waals surface area contributed by atoms with Crippen LogP contribution in [0.2, 0.25) is 0 Å². The number of rotatable bonds is 2. The molecule has 19 heavy (non-hydrogen) atoms. The summed E-state index contributed by atoms with van der Waals surface area (Å²) < 4.78 is 14.5. The molecule has 0 bridgehead atoms. The van der Waals surface area contributed by atoms with Gasteiger partial charge in [0.15, 0.2) is 0 Å². The Kier molecular flexibility index (Phi) is 2.75. The molecule has 0 fully saturated rings. The number of hydrogen-bond acceptors (Lipinski definition) is 4. The van der Waals surface area contributed by atoms with Crippen LogP contribution in [0.4, 0.5) is 10.3 Å². The number of hydrogen-bond donors (Lipinski definition) is 1. The molecule has 7 heteroatoms. The number of halogens is 1. The zero-order valence-electron chi connectivity index (χ0n) is 9.92. The Bertz CT molecular complexity index is 747. The summed E-state index contributed by atoms with van der Waals surface area (Å²) >= 11 is 1.41. The van der Waals surface area contributed by atoms with Crippen molar-refractivity contribution < 1.29 is 9.18 Å². The Balaban J connectivity index is 2.06. The second-order valence-electron chi connectivity index (χ2n) is 3.94. The van der Waals surface area contributed by atoms with Gasteiger partial charge in [-0.3, -0.25) is 10.1 Å². The van der Waals surface area contributed by atoms with Gasteiger partial charge >= 0.3 is 0 Å². The van der Waals surface area contributed by atoms with Gasteiger partial charge in [0.25, 0.3) is 0 Å². The molecule has 0 aliphatic heterocycles. The second kappa shape index (κ2) is 4.43. The van der Waals surface area contributed by atoms with Crippen molar-refractivity contribution in [1.29, 1.82) is 0 Å². The quantitative estimate of drug-likeness (QED) is 0.782. The molecule has 0 saturated heterocycles. The first-order valence-corrected chi connectivity index (χ1v) is 6.39. The van der Waals surface area contributed by atoms with Crippen LogP contribution in [0.5, 0.6) is 0 Å². The van der Waals surface area contributed by atoms with Gasteiger partial charge < -0.3 is 0 Å². The first-order valence-electron chi connectivity index (χ1n) is 5.51. The van der Waals surface area contributed by atoms with Crippen molar-refractivity contribution in [2.24, 2.45) is 0 Å². The van der Waals surface area contributed by atoms with E-state index in [0.29, 0.717) is 4.96 Å². The van der Waals surface area contributed by atoms with E-state index in [4.69, 9.17) is 0 Å². The van der Waals surface area contributed by atoms with Crippen molar-refractivity contribution >= 4 is 28.2 Å². The number of nitrogens with zero attached hydrogens (tertiary/aromatic N) is 3. The monoisotopic (exact) mass is 276 g/mol. The van der Waals surface area contributed by atoms with Gasteiger partial charge in [0.1, 0.15) is 5.82 Å². The molecule has 3 rings (SSSR count). The average Bonchev–Trinajstić information content (AvgIpc) is 2.89. The predicted octanol–water partition coefficient (Wildman–Crippen LogP) is 2.56. The highest BCUT2D eigenvalue weighted by Gasteiger charge is 2.12. The van der Waals surface area contributed by atoms with Crippen LogP contribution in [0.3, 0.4) is 0 Å². The van der Waals surface area contributed by atoms with Crippen LogP contribution in [0.1, 0.15) is 6.92 Å². The first-order chi connectivity index (χ1) is 9.13. The van der Waals surface area contributed by atoms with Crippen molar-refractivity contribution in [2.75, 3.05) is 5.32 Å². The van der Waals surface area contributed by atoms with Crippen LogP contribution >= 0.6 is 11.3 Å². The lowest BCUT2D eigenvalue weighted by molar-refractivity contribution is -0.114. The molecule has 0 atom stereocenters. The molecule has 3 aromatic rings. The maximum Gasteiger partial charge on any atom is 0.250 e. The number of amides is 1. The predicted molar refractivity (Wildman–Crippen MR) is 70.6 cm³/mol. The van der Waals surface area contributed by atoms with Crippen molar-refractivity contribution in [3.8, 4) is 11.3 Å². The van der Waals surface area contributed by atoms with Crippen LogP contribution in [-0.2, 0) is 4.79 Å². The minimum atomic E-state index is -0.284. The van der Waals surface area contributed by atoms with Gasteiger partial charge in [0.2, 0.25) is 16.8 Å². The molecule has 1 amide bonds.